The molecule has 0 fully saturated rings. The number of fused-ring (bicyclic) bond motifs is 3. The highest BCUT2D eigenvalue weighted by molar-refractivity contribution is 6.84. The first-order chi connectivity index (χ1) is 11.5. The van der Waals surface area contributed by atoms with E-state index in [0.717, 1.165) is 12.2 Å². The van der Waals surface area contributed by atoms with E-state index in [4.69, 9.17) is 4.74 Å². The second-order valence-electron chi connectivity index (χ2n) is 7.88. The van der Waals surface area contributed by atoms with Crippen LogP contribution >= 0.6 is 0 Å². The number of benzene rings is 2. The number of ether oxygens (including phenoxy) is 1. The third-order valence-electron chi connectivity index (χ3n) is 5.32. The summed E-state index contributed by atoms with van der Waals surface area (Å²) in [4.78, 5) is 0. The number of para-hydroxylation sites is 1. The van der Waals surface area contributed by atoms with Crippen molar-refractivity contribution < 1.29 is 4.74 Å². The third kappa shape index (κ3) is 2.06. The Balaban J connectivity index is 2.06. The number of hydrogen-bond acceptors (Lipinski definition) is 1. The van der Waals surface area contributed by atoms with Gasteiger partial charge in [0, 0.05) is 17.6 Å². The topological polar surface area (TPSA) is 9.23 Å². The predicted molar refractivity (Wildman–Crippen MR) is 104 cm³/mol. The molecule has 0 amide bonds. The van der Waals surface area contributed by atoms with E-state index in [1.54, 1.807) is 5.20 Å². The van der Waals surface area contributed by atoms with Crippen LogP contribution in [-0.2, 0) is 5.60 Å². The second kappa shape index (κ2) is 5.22. The van der Waals surface area contributed by atoms with Gasteiger partial charge in [0.1, 0.15) is 5.75 Å². The van der Waals surface area contributed by atoms with E-state index in [0.29, 0.717) is 5.92 Å². The van der Waals surface area contributed by atoms with Crippen molar-refractivity contribution in [1.29, 1.82) is 0 Å². The Kier molecular flexibility index (Phi) is 3.36. The van der Waals surface area contributed by atoms with Crippen molar-refractivity contribution in [2.75, 3.05) is 0 Å². The molecule has 24 heavy (non-hydrogen) atoms. The Morgan fingerprint density at radius 3 is 2.38 bits per heavy atom. The van der Waals surface area contributed by atoms with Crippen molar-refractivity contribution in [3.8, 4) is 5.75 Å². The smallest absolute Gasteiger partial charge is 0.160 e. The monoisotopic (exact) mass is 332 g/mol. The van der Waals surface area contributed by atoms with Crippen molar-refractivity contribution in [3.63, 3.8) is 0 Å². The lowest BCUT2D eigenvalue weighted by atomic mass is 9.85. The molecule has 0 unspecified atom stereocenters. The highest BCUT2D eigenvalue weighted by Gasteiger charge is 2.55. The molecule has 2 aromatic carbocycles. The fourth-order valence-electron chi connectivity index (χ4n) is 4.48. The molecule has 0 N–H and O–H groups in total. The van der Waals surface area contributed by atoms with Crippen LogP contribution in [0.25, 0.3) is 5.57 Å². The molecule has 2 atom stereocenters. The van der Waals surface area contributed by atoms with Crippen LogP contribution in [0.3, 0.4) is 0 Å². The predicted octanol–water partition coefficient (Wildman–Crippen LogP) is 5.81. The first-order valence-electron chi connectivity index (χ1n) is 8.69. The number of allylic oxidation sites excluding steroid dienone is 2. The van der Waals surface area contributed by atoms with Crippen LogP contribution in [0.1, 0.15) is 17.5 Å². The fraction of sp³-hybridized carbons (Fsp3) is 0.273. The first kappa shape index (κ1) is 15.5. The zero-order valence-corrected chi connectivity index (χ0v) is 15.7. The van der Waals surface area contributed by atoms with E-state index >= 15 is 0 Å². The molecular formula is C22H24OSi. The summed E-state index contributed by atoms with van der Waals surface area (Å²) in [6, 6.07) is 19.2. The quantitative estimate of drug-likeness (QED) is 0.509. The molecule has 1 aliphatic heterocycles. The van der Waals surface area contributed by atoms with E-state index < -0.39 is 8.07 Å². The van der Waals surface area contributed by atoms with E-state index in [1.807, 2.05) is 0 Å². The Morgan fingerprint density at radius 1 is 1.04 bits per heavy atom. The first-order valence-corrected chi connectivity index (χ1v) is 12.2. The van der Waals surface area contributed by atoms with Gasteiger partial charge >= 0.3 is 0 Å². The van der Waals surface area contributed by atoms with Crippen molar-refractivity contribution >= 4 is 13.6 Å². The molecule has 1 heterocycles. The summed E-state index contributed by atoms with van der Waals surface area (Å²) in [6.45, 7) is 11.5. The average Bonchev–Trinajstić information content (AvgIpc) is 3.06. The summed E-state index contributed by atoms with van der Waals surface area (Å²) in [7, 11) is -1.51. The van der Waals surface area contributed by atoms with Gasteiger partial charge in [0.25, 0.3) is 0 Å². The molecule has 1 aliphatic carbocycles. The molecule has 2 heteroatoms. The van der Waals surface area contributed by atoms with Crippen LogP contribution in [0.5, 0.6) is 5.75 Å². The van der Waals surface area contributed by atoms with Crippen molar-refractivity contribution in [1.82, 2.24) is 0 Å². The van der Waals surface area contributed by atoms with E-state index in [1.165, 1.54) is 16.7 Å². The molecule has 0 aromatic heterocycles. The van der Waals surface area contributed by atoms with Gasteiger partial charge < -0.3 is 4.74 Å². The molecule has 122 valence electrons. The Labute approximate surface area is 145 Å². The lowest BCUT2D eigenvalue weighted by Crippen LogP contribution is -2.29. The number of hydrogen-bond donors (Lipinski definition) is 0. The maximum absolute atomic E-state index is 6.68. The van der Waals surface area contributed by atoms with Crippen LogP contribution in [0.2, 0.25) is 19.6 Å². The van der Waals surface area contributed by atoms with Crippen LogP contribution in [0.4, 0.5) is 0 Å². The Bertz CT molecular complexity index is 829. The Hall–Kier alpha value is -2.06. The molecule has 0 radical (unpaired) electrons. The Morgan fingerprint density at radius 2 is 1.71 bits per heavy atom. The van der Waals surface area contributed by atoms with E-state index in [-0.39, 0.29) is 5.60 Å². The van der Waals surface area contributed by atoms with Gasteiger partial charge in [-0.25, -0.2) is 0 Å². The van der Waals surface area contributed by atoms with E-state index in [9.17, 15) is 0 Å². The maximum Gasteiger partial charge on any atom is 0.160 e. The highest BCUT2D eigenvalue weighted by Crippen LogP contribution is 2.61. The average molecular weight is 333 g/mol. The van der Waals surface area contributed by atoms with Crippen LogP contribution < -0.4 is 4.74 Å². The van der Waals surface area contributed by atoms with Gasteiger partial charge in [0.15, 0.2) is 5.60 Å². The SMILES string of the molecule is C=C[C@H]1C[C@@]2(c3ccccc3)Oc3ccccc3C2=C1[Si](C)(C)C. The molecule has 0 saturated heterocycles. The second-order valence-corrected chi connectivity index (χ2v) is 12.9. The van der Waals surface area contributed by atoms with Gasteiger partial charge in [-0.1, -0.05) is 79.4 Å². The summed E-state index contributed by atoms with van der Waals surface area (Å²) in [5, 5.41) is 1.60. The van der Waals surface area contributed by atoms with Gasteiger partial charge in [-0.2, -0.15) is 0 Å². The van der Waals surface area contributed by atoms with Crippen LogP contribution in [0.15, 0.2) is 72.4 Å². The molecule has 0 spiro atoms. The zero-order valence-electron chi connectivity index (χ0n) is 14.7. The fourth-order valence-corrected chi connectivity index (χ4v) is 6.90. The summed E-state index contributed by atoms with van der Waals surface area (Å²) in [6.07, 6.45) is 3.10. The summed E-state index contributed by atoms with van der Waals surface area (Å²) >= 11 is 0. The van der Waals surface area contributed by atoms with Gasteiger partial charge in [-0.05, 0) is 17.5 Å². The van der Waals surface area contributed by atoms with Crippen LogP contribution in [-0.4, -0.2) is 8.07 Å². The highest BCUT2D eigenvalue weighted by atomic mass is 28.3. The molecular weight excluding hydrogens is 308 g/mol. The summed E-state index contributed by atoms with van der Waals surface area (Å²) < 4.78 is 6.68. The number of rotatable bonds is 3. The van der Waals surface area contributed by atoms with Crippen LogP contribution in [0, 0.1) is 5.92 Å². The molecule has 0 saturated carbocycles. The summed E-state index contributed by atoms with van der Waals surface area (Å²) in [5.41, 5.74) is 3.62. The van der Waals surface area contributed by atoms with Gasteiger partial charge in [0.2, 0.25) is 0 Å². The lowest BCUT2D eigenvalue weighted by molar-refractivity contribution is 0.137. The minimum absolute atomic E-state index is 0.348. The van der Waals surface area contributed by atoms with E-state index in [2.05, 4.69) is 86.9 Å². The van der Waals surface area contributed by atoms with Gasteiger partial charge in [0.05, 0.1) is 8.07 Å². The molecule has 1 nitrogen and oxygen atoms in total. The third-order valence-corrected chi connectivity index (χ3v) is 7.56. The standard InChI is InChI=1S/C22H24OSi/c1-5-16-15-22(17-11-7-6-8-12-17)20(21(16)24(2,3)4)18-13-9-10-14-19(18)23-22/h5-14,16H,1,15H2,2-4H3/t16-,22-/m0/s1. The normalized spacial score (nSPS) is 25.2. The lowest BCUT2D eigenvalue weighted by Gasteiger charge is -2.28. The van der Waals surface area contributed by atoms with Crippen molar-refractivity contribution in [3.05, 3.63) is 83.6 Å². The molecule has 2 aliphatic rings. The van der Waals surface area contributed by atoms with Crippen molar-refractivity contribution in [2.24, 2.45) is 5.92 Å². The van der Waals surface area contributed by atoms with Gasteiger partial charge in [-0.15, -0.1) is 6.58 Å². The largest absolute Gasteiger partial charge is 0.477 e. The minimum Gasteiger partial charge on any atom is -0.477 e. The molecule has 0 bridgehead atoms. The van der Waals surface area contributed by atoms with Crippen molar-refractivity contribution in [2.45, 2.75) is 31.7 Å². The maximum atomic E-state index is 6.68. The molecule has 4 rings (SSSR count). The summed E-state index contributed by atoms with van der Waals surface area (Å²) in [5.74, 6) is 1.43. The molecule has 2 aromatic rings. The zero-order chi connectivity index (χ0) is 16.9. The minimum atomic E-state index is -1.51. The van der Waals surface area contributed by atoms with Gasteiger partial charge in [-0.3, -0.25) is 0 Å².